The molecule has 1 aromatic heterocycles. The molecule has 1 saturated carbocycles. The van der Waals surface area contributed by atoms with Gasteiger partial charge < -0.3 is 9.30 Å². The fraction of sp³-hybridized carbons (Fsp3) is 0.318. The maximum absolute atomic E-state index is 12.7. The topological polar surface area (TPSA) is 63.9 Å². The molecule has 0 radical (unpaired) electrons. The highest BCUT2D eigenvalue weighted by Gasteiger charge is 2.59. The van der Waals surface area contributed by atoms with Gasteiger partial charge in [0.05, 0.1) is 30.4 Å². The first-order valence-electron chi connectivity index (χ1n) is 9.68. The summed E-state index contributed by atoms with van der Waals surface area (Å²) in [5.74, 6) is 0.426. The molecule has 2 bridgehead atoms. The van der Waals surface area contributed by atoms with Crippen molar-refractivity contribution in [1.82, 2.24) is 9.58 Å². The van der Waals surface area contributed by atoms with Crippen LogP contribution < -0.4 is 4.74 Å². The molecule has 0 unspecified atom stereocenters. The highest BCUT2D eigenvalue weighted by atomic mass is 16.5. The third kappa shape index (κ3) is 2.52. The number of hydrogen-bond acceptors (Lipinski definition) is 4. The monoisotopic (exact) mass is 375 g/mol. The zero-order valence-corrected chi connectivity index (χ0v) is 15.6. The molecule has 2 aliphatic carbocycles. The number of amides is 2. The van der Waals surface area contributed by atoms with Crippen molar-refractivity contribution >= 4 is 18.0 Å². The minimum atomic E-state index is -0.224. The Morgan fingerprint density at radius 3 is 2.39 bits per heavy atom. The smallest absolute Gasteiger partial charge is 0.254 e. The molecule has 1 aliphatic heterocycles. The van der Waals surface area contributed by atoms with Crippen molar-refractivity contribution in [3.05, 3.63) is 60.4 Å². The van der Waals surface area contributed by atoms with Crippen molar-refractivity contribution in [2.45, 2.75) is 13.3 Å². The van der Waals surface area contributed by atoms with E-state index in [1.807, 2.05) is 54.1 Å². The Kier molecular flexibility index (Phi) is 3.93. The summed E-state index contributed by atoms with van der Waals surface area (Å²) >= 11 is 0. The van der Waals surface area contributed by atoms with Crippen molar-refractivity contribution in [3.8, 4) is 11.4 Å². The van der Waals surface area contributed by atoms with E-state index in [0.29, 0.717) is 6.61 Å². The number of benzene rings is 1. The van der Waals surface area contributed by atoms with E-state index in [0.717, 1.165) is 28.6 Å². The Hall–Kier alpha value is -3.15. The number of hydrogen-bond donors (Lipinski definition) is 0. The predicted molar refractivity (Wildman–Crippen MR) is 104 cm³/mol. The van der Waals surface area contributed by atoms with E-state index in [2.05, 4.69) is 17.3 Å². The average Bonchev–Trinajstić information content (AvgIpc) is 3.47. The second-order valence-corrected chi connectivity index (χ2v) is 7.46. The molecule has 28 heavy (non-hydrogen) atoms. The lowest BCUT2D eigenvalue weighted by atomic mass is 9.85. The van der Waals surface area contributed by atoms with E-state index < -0.39 is 0 Å². The van der Waals surface area contributed by atoms with Crippen LogP contribution in [0, 0.1) is 23.7 Å². The van der Waals surface area contributed by atoms with Crippen molar-refractivity contribution < 1.29 is 14.3 Å². The van der Waals surface area contributed by atoms with Gasteiger partial charge in [0, 0.05) is 11.9 Å². The number of ether oxygens (including phenoxy) is 1. The van der Waals surface area contributed by atoms with Gasteiger partial charge in [0.1, 0.15) is 5.75 Å². The summed E-state index contributed by atoms with van der Waals surface area (Å²) in [4.78, 5) is 25.5. The largest absolute Gasteiger partial charge is 0.494 e. The highest BCUT2D eigenvalue weighted by molar-refractivity contribution is 6.06. The first kappa shape index (κ1) is 17.0. The van der Waals surface area contributed by atoms with Gasteiger partial charge in [0.2, 0.25) is 0 Å². The second-order valence-electron chi connectivity index (χ2n) is 7.46. The van der Waals surface area contributed by atoms with Gasteiger partial charge in [0.15, 0.2) is 0 Å². The molecule has 142 valence electrons. The molecule has 1 saturated heterocycles. The van der Waals surface area contributed by atoms with Crippen LogP contribution in [0.25, 0.3) is 5.69 Å². The molecule has 2 amide bonds. The van der Waals surface area contributed by atoms with Gasteiger partial charge >= 0.3 is 0 Å². The van der Waals surface area contributed by atoms with Crippen LogP contribution in [-0.4, -0.2) is 34.2 Å². The molecular formula is C22H21N3O3. The van der Waals surface area contributed by atoms with Crippen LogP contribution in [0.1, 0.15) is 19.0 Å². The van der Waals surface area contributed by atoms with Crippen LogP contribution in [-0.2, 0) is 9.59 Å². The molecule has 0 N–H and O–H groups in total. The summed E-state index contributed by atoms with van der Waals surface area (Å²) in [6.07, 6.45) is 8.60. The normalized spacial score (nSPS) is 28.0. The third-order valence-corrected chi connectivity index (χ3v) is 5.96. The SMILES string of the molecule is CCOc1ccc(-n2cccc2C=NN2C(=O)[C@@H]3[C@H](C2=O)[C@H]2C=C[C@H]3C2)cc1. The summed E-state index contributed by atoms with van der Waals surface area (Å²) in [6, 6.07) is 11.6. The molecule has 6 heteroatoms. The zero-order chi connectivity index (χ0) is 19.3. The molecular weight excluding hydrogens is 354 g/mol. The molecule has 2 aromatic rings. The maximum Gasteiger partial charge on any atom is 0.254 e. The van der Waals surface area contributed by atoms with Gasteiger partial charge in [0.25, 0.3) is 11.8 Å². The quantitative estimate of drug-likeness (QED) is 0.458. The average molecular weight is 375 g/mol. The summed E-state index contributed by atoms with van der Waals surface area (Å²) in [6.45, 7) is 2.57. The maximum atomic E-state index is 12.7. The number of aromatic nitrogens is 1. The Labute approximate surface area is 163 Å². The molecule has 2 fully saturated rings. The highest BCUT2D eigenvalue weighted by Crippen LogP contribution is 2.52. The summed E-state index contributed by atoms with van der Waals surface area (Å²) in [5.41, 5.74) is 1.75. The van der Waals surface area contributed by atoms with Gasteiger partial charge in [-0.05, 0) is 61.6 Å². The number of carbonyl (C=O) groups excluding carboxylic acids is 2. The Bertz CT molecular complexity index is 959. The number of fused-ring (bicyclic) bond motifs is 5. The lowest BCUT2D eigenvalue weighted by Crippen LogP contribution is -2.28. The number of imide groups is 1. The minimum Gasteiger partial charge on any atom is -0.494 e. The van der Waals surface area contributed by atoms with E-state index in [-0.39, 0.29) is 35.5 Å². The van der Waals surface area contributed by atoms with Crippen LogP contribution in [0.5, 0.6) is 5.75 Å². The van der Waals surface area contributed by atoms with E-state index >= 15 is 0 Å². The summed E-state index contributed by atoms with van der Waals surface area (Å²) in [5, 5.41) is 5.36. The van der Waals surface area contributed by atoms with Crippen LogP contribution >= 0.6 is 0 Å². The number of allylic oxidation sites excluding steroid dienone is 2. The fourth-order valence-electron chi connectivity index (χ4n) is 4.72. The zero-order valence-electron chi connectivity index (χ0n) is 15.6. The van der Waals surface area contributed by atoms with Gasteiger partial charge in [-0.15, -0.1) is 0 Å². The van der Waals surface area contributed by atoms with Crippen LogP contribution in [0.4, 0.5) is 0 Å². The van der Waals surface area contributed by atoms with Gasteiger partial charge in [-0.25, -0.2) is 0 Å². The molecule has 6 nitrogen and oxygen atoms in total. The summed E-state index contributed by atoms with van der Waals surface area (Å²) < 4.78 is 7.44. The van der Waals surface area contributed by atoms with Crippen LogP contribution in [0.15, 0.2) is 59.8 Å². The Morgan fingerprint density at radius 1 is 1.07 bits per heavy atom. The standard InChI is InChI=1S/C22H21N3O3/c1-2-28-18-9-7-16(8-10-18)24-11-3-4-17(24)13-23-25-21(26)19-14-5-6-15(12-14)20(19)22(25)27/h3-11,13-15,19-20H,2,12H2,1H3/t14-,15-,19-,20+/m0/s1. The van der Waals surface area contributed by atoms with E-state index in [9.17, 15) is 9.59 Å². The lowest BCUT2D eigenvalue weighted by molar-refractivity contribution is -0.140. The minimum absolute atomic E-state index is 0.165. The molecule has 4 atom stereocenters. The number of rotatable bonds is 5. The fourth-order valence-corrected chi connectivity index (χ4v) is 4.72. The van der Waals surface area contributed by atoms with Crippen molar-refractivity contribution in [2.75, 3.05) is 6.61 Å². The van der Waals surface area contributed by atoms with Crippen molar-refractivity contribution in [2.24, 2.45) is 28.8 Å². The van der Waals surface area contributed by atoms with E-state index in [4.69, 9.17) is 4.74 Å². The van der Waals surface area contributed by atoms with Crippen LogP contribution in [0.3, 0.4) is 0 Å². The number of hydrazone groups is 1. The molecule has 5 rings (SSSR count). The number of nitrogens with zero attached hydrogens (tertiary/aromatic N) is 3. The number of carbonyl (C=O) groups is 2. The second kappa shape index (κ2) is 6.48. The molecule has 0 spiro atoms. The Morgan fingerprint density at radius 2 is 1.75 bits per heavy atom. The third-order valence-electron chi connectivity index (χ3n) is 5.96. The van der Waals surface area contributed by atoms with Crippen molar-refractivity contribution in [1.29, 1.82) is 0 Å². The predicted octanol–water partition coefficient (Wildman–Crippen LogP) is 3.02. The van der Waals surface area contributed by atoms with Gasteiger partial charge in [-0.3, -0.25) is 9.59 Å². The lowest BCUT2D eigenvalue weighted by Gasteiger charge is -2.13. The first-order valence-corrected chi connectivity index (χ1v) is 9.68. The first-order chi connectivity index (χ1) is 13.7. The van der Waals surface area contributed by atoms with E-state index in [1.54, 1.807) is 6.21 Å². The molecule has 2 heterocycles. The van der Waals surface area contributed by atoms with Crippen LogP contribution in [0.2, 0.25) is 0 Å². The molecule has 3 aliphatic rings. The van der Waals surface area contributed by atoms with Crippen molar-refractivity contribution in [3.63, 3.8) is 0 Å². The summed E-state index contributed by atoms with van der Waals surface area (Å²) in [7, 11) is 0. The molecule has 1 aromatic carbocycles. The van der Waals surface area contributed by atoms with Gasteiger partial charge in [-0.1, -0.05) is 12.2 Å². The van der Waals surface area contributed by atoms with E-state index in [1.165, 1.54) is 0 Å². The van der Waals surface area contributed by atoms with Gasteiger partial charge in [-0.2, -0.15) is 10.1 Å². The Balaban J connectivity index is 1.38.